The Morgan fingerprint density at radius 3 is 2.60 bits per heavy atom. The number of carbonyl (C=O) groups excluding carboxylic acids is 1. The Labute approximate surface area is 118 Å². The topological polar surface area (TPSA) is 124 Å². The minimum absolute atomic E-state index is 0.104. The lowest BCUT2D eigenvalue weighted by molar-refractivity contribution is -0.160. The van der Waals surface area contributed by atoms with Gasteiger partial charge < -0.3 is 14.7 Å². The van der Waals surface area contributed by atoms with Crippen molar-refractivity contribution in [2.75, 3.05) is 11.7 Å². The number of hydrogen-bond acceptors (Lipinski definition) is 7. The van der Waals surface area contributed by atoms with Gasteiger partial charge in [-0.2, -0.15) is 4.98 Å². The molecule has 0 radical (unpaired) electrons. The summed E-state index contributed by atoms with van der Waals surface area (Å²) in [6.07, 6.45) is 0. The van der Waals surface area contributed by atoms with Crippen LogP contribution in [-0.2, 0) is 19.2 Å². The van der Waals surface area contributed by atoms with Crippen LogP contribution in [-0.4, -0.2) is 39.9 Å². The van der Waals surface area contributed by atoms with Crippen LogP contribution in [0.3, 0.4) is 0 Å². The average molecular weight is 302 g/mol. The van der Waals surface area contributed by atoms with E-state index >= 15 is 0 Å². The van der Waals surface area contributed by atoms with E-state index in [1.165, 1.54) is 10.9 Å². The molecule has 1 heterocycles. The molecule has 0 spiro atoms. The van der Waals surface area contributed by atoms with Crippen molar-refractivity contribution in [3.05, 3.63) is 16.6 Å². The third-order valence-electron chi connectivity index (χ3n) is 1.76. The highest BCUT2D eigenvalue weighted by Crippen LogP contribution is 2.11. The molecular weight excluding hydrogens is 286 g/mol. The molecule has 0 aromatic carbocycles. The number of nitrogens with two attached hydrogens (primary N) is 1. The normalized spacial score (nSPS) is 13.0. The Kier molecular flexibility index (Phi) is 5.17. The molecule has 1 rings (SSSR count). The summed E-state index contributed by atoms with van der Waals surface area (Å²) < 4.78 is 4.98. The zero-order chi connectivity index (χ0) is 15.3. The van der Waals surface area contributed by atoms with Gasteiger partial charge in [-0.1, -0.05) is 5.16 Å². The molecule has 1 aromatic heterocycles. The van der Waals surface area contributed by atoms with Gasteiger partial charge in [0.1, 0.15) is 5.60 Å². The summed E-state index contributed by atoms with van der Waals surface area (Å²) in [5.41, 5.74) is 0.450. The molecule has 110 valence electrons. The van der Waals surface area contributed by atoms with Crippen LogP contribution < -0.4 is 5.14 Å². The zero-order valence-electron chi connectivity index (χ0n) is 11.3. The van der Waals surface area contributed by atoms with Gasteiger partial charge in [-0.25, -0.2) is 9.59 Å². The minimum Gasteiger partial charge on any atom is -0.476 e. The quantitative estimate of drug-likeness (QED) is 0.355. The fraction of sp³-hybridized carbons (Fsp3) is 0.455. The number of esters is 1. The van der Waals surface area contributed by atoms with Crippen LogP contribution in [0.25, 0.3) is 0 Å². The molecule has 8 nitrogen and oxygen atoms in total. The largest absolute Gasteiger partial charge is 0.476 e. The summed E-state index contributed by atoms with van der Waals surface area (Å²) in [5.74, 6) is -1.97. The number of oxime groups is 1. The average Bonchev–Trinajstić information content (AvgIpc) is 2.68. The first kappa shape index (κ1) is 16.1. The van der Waals surface area contributed by atoms with Crippen molar-refractivity contribution in [1.82, 2.24) is 4.98 Å². The van der Waals surface area contributed by atoms with Gasteiger partial charge in [0.2, 0.25) is 12.3 Å². The smallest absolute Gasteiger partial charge is 0.360 e. The second kappa shape index (κ2) is 6.44. The van der Waals surface area contributed by atoms with E-state index in [1.54, 1.807) is 20.8 Å². The van der Waals surface area contributed by atoms with Gasteiger partial charge in [0.15, 0.2) is 11.1 Å². The number of aromatic nitrogens is 1. The number of thiazole rings is 1. The van der Waals surface area contributed by atoms with Crippen molar-refractivity contribution in [3.8, 4) is 0 Å². The number of hydrogen-bond donors (Lipinski definition) is 2. The molecule has 0 aliphatic heterocycles. The molecule has 0 saturated heterocycles. The number of carboxylic acid groups (broad SMARTS) is 1. The molecular formula is C11H16N3O5S+. The maximum absolute atomic E-state index is 11.4. The maximum Gasteiger partial charge on any atom is 0.360 e. The Balaban J connectivity index is 2.66. The molecule has 1 atom stereocenters. The van der Waals surface area contributed by atoms with Crippen LogP contribution in [0.2, 0.25) is 0 Å². The number of ether oxygens (including phenoxy) is 1. The molecule has 0 saturated carbocycles. The van der Waals surface area contributed by atoms with E-state index < -0.39 is 40.5 Å². The van der Waals surface area contributed by atoms with Crippen molar-refractivity contribution in [2.24, 2.45) is 5.16 Å². The minimum atomic E-state index is -1.32. The van der Waals surface area contributed by atoms with Crippen molar-refractivity contribution in [1.29, 1.82) is 0 Å². The molecule has 0 aliphatic rings. The van der Waals surface area contributed by atoms with Crippen LogP contribution in [0.1, 0.15) is 26.5 Å². The van der Waals surface area contributed by atoms with Crippen molar-refractivity contribution in [2.45, 2.75) is 26.4 Å². The molecule has 0 fully saturated rings. The molecule has 1 unspecified atom stereocenters. The number of carbonyl (C=O) groups is 2. The van der Waals surface area contributed by atoms with E-state index in [0.717, 1.165) is 0 Å². The highest BCUT2D eigenvalue weighted by atomic mass is 32.2. The van der Waals surface area contributed by atoms with E-state index in [1.807, 2.05) is 0 Å². The van der Waals surface area contributed by atoms with Gasteiger partial charge in [0.05, 0.1) is 10.7 Å². The van der Waals surface area contributed by atoms with Gasteiger partial charge in [-0.3, -0.25) is 0 Å². The first-order valence-corrected chi connectivity index (χ1v) is 6.98. The summed E-state index contributed by atoms with van der Waals surface area (Å²) in [4.78, 5) is 30.9. The molecule has 0 bridgehead atoms. The SMILES string of the molecule is CC(C)(C)OC(=O)CON=C(C(=O)O)c1c[s+](N)cn1. The standard InChI is InChI=1S/C11H15N3O5S/c1-11(2,3)19-8(15)4-18-14-9(10(16)17)7-5-20(12)6-13-7/h5-6H,4,12H2,1-3H3/p+1. The van der Waals surface area contributed by atoms with Gasteiger partial charge in [-0.15, -0.1) is 5.14 Å². The van der Waals surface area contributed by atoms with Gasteiger partial charge in [0.25, 0.3) is 5.51 Å². The lowest BCUT2D eigenvalue weighted by Gasteiger charge is -2.18. The second-order valence-corrected chi connectivity index (χ2v) is 6.01. The third-order valence-corrected chi connectivity index (χ3v) is 2.61. The van der Waals surface area contributed by atoms with Gasteiger partial charge >= 0.3 is 11.9 Å². The van der Waals surface area contributed by atoms with E-state index in [-0.39, 0.29) is 5.69 Å². The lowest BCUT2D eigenvalue weighted by atomic mass is 10.2. The van der Waals surface area contributed by atoms with Crippen molar-refractivity contribution in [3.63, 3.8) is 0 Å². The predicted octanol–water partition coefficient (Wildman–Crippen LogP) is 0.691. The maximum atomic E-state index is 11.4. The highest BCUT2D eigenvalue weighted by Gasteiger charge is 2.21. The van der Waals surface area contributed by atoms with Crippen molar-refractivity contribution >= 4 is 28.3 Å². The highest BCUT2D eigenvalue weighted by molar-refractivity contribution is 7.28. The number of aliphatic carboxylic acids is 1. The Hall–Kier alpha value is -2.00. The summed E-state index contributed by atoms with van der Waals surface area (Å²) in [6.45, 7) is 4.63. The Morgan fingerprint density at radius 1 is 1.50 bits per heavy atom. The molecule has 1 aromatic rings. The summed E-state index contributed by atoms with van der Waals surface area (Å²) in [7, 11) is -0.713. The van der Waals surface area contributed by atoms with E-state index in [9.17, 15) is 9.59 Å². The Morgan fingerprint density at radius 2 is 2.15 bits per heavy atom. The number of rotatable bonds is 5. The number of nitrogen functional groups attached to an aromatic ring is 1. The van der Waals surface area contributed by atoms with E-state index in [2.05, 4.69) is 10.1 Å². The first-order chi connectivity index (χ1) is 9.19. The molecule has 20 heavy (non-hydrogen) atoms. The van der Waals surface area contributed by atoms with Crippen LogP contribution in [0, 0.1) is 0 Å². The van der Waals surface area contributed by atoms with Crippen LogP contribution in [0.15, 0.2) is 16.0 Å². The summed E-state index contributed by atoms with van der Waals surface area (Å²) in [6, 6.07) is 0. The molecule has 3 N–H and O–H groups in total. The van der Waals surface area contributed by atoms with Crippen LogP contribution in [0.5, 0.6) is 0 Å². The summed E-state index contributed by atoms with van der Waals surface area (Å²) >= 11 is 0. The van der Waals surface area contributed by atoms with E-state index in [4.69, 9.17) is 19.8 Å². The Bertz CT molecular complexity index is 532. The third kappa shape index (κ3) is 5.33. The first-order valence-electron chi connectivity index (χ1n) is 5.57. The predicted molar refractivity (Wildman–Crippen MR) is 72.8 cm³/mol. The number of carboxylic acids is 1. The fourth-order valence-electron chi connectivity index (χ4n) is 1.14. The monoisotopic (exact) mass is 302 g/mol. The summed E-state index contributed by atoms with van der Waals surface area (Å²) in [5, 5.41) is 19.4. The second-order valence-electron chi connectivity index (χ2n) is 4.75. The lowest BCUT2D eigenvalue weighted by Crippen LogP contribution is -2.26. The van der Waals surface area contributed by atoms with Gasteiger partial charge in [0, 0.05) is 0 Å². The van der Waals surface area contributed by atoms with Crippen molar-refractivity contribution < 1.29 is 24.3 Å². The number of nitrogens with zero attached hydrogens (tertiary/aromatic N) is 2. The van der Waals surface area contributed by atoms with Gasteiger partial charge in [-0.05, 0) is 20.8 Å². The van der Waals surface area contributed by atoms with E-state index in [0.29, 0.717) is 0 Å². The molecule has 0 amide bonds. The molecule has 9 heteroatoms. The fourth-order valence-corrected chi connectivity index (χ4v) is 1.87. The zero-order valence-corrected chi connectivity index (χ0v) is 12.1. The molecule has 0 aliphatic carbocycles. The van der Waals surface area contributed by atoms with Crippen LogP contribution >= 0.6 is 10.7 Å². The van der Waals surface area contributed by atoms with Crippen LogP contribution in [0.4, 0.5) is 0 Å².